The van der Waals surface area contributed by atoms with Crippen LogP contribution < -0.4 is 15.8 Å². The molecule has 1 amide bonds. The summed E-state index contributed by atoms with van der Waals surface area (Å²) in [6.07, 6.45) is -8.62. The molecule has 2 saturated heterocycles. The number of likely N-dealkylation sites (tertiary alicyclic amines) is 1. The number of alkyl halides is 6. The largest absolute Gasteiger partial charge is 0.423 e. The Kier molecular flexibility index (Phi) is 8.02. The topological polar surface area (TPSA) is 137 Å². The molecule has 214 valence electrons. The van der Waals surface area contributed by atoms with Crippen LogP contribution in [0.1, 0.15) is 30.9 Å². The van der Waals surface area contributed by atoms with Gasteiger partial charge >= 0.3 is 12.4 Å². The van der Waals surface area contributed by atoms with E-state index in [-0.39, 0.29) is 38.1 Å². The summed E-state index contributed by atoms with van der Waals surface area (Å²) < 4.78 is 83.6. The minimum Gasteiger partial charge on any atom is -0.389 e. The second kappa shape index (κ2) is 11.0. The zero-order valence-electron chi connectivity index (χ0n) is 20.5. The van der Waals surface area contributed by atoms with E-state index in [1.54, 1.807) is 5.10 Å². The van der Waals surface area contributed by atoms with Crippen molar-refractivity contribution < 1.29 is 41.0 Å². The lowest BCUT2D eigenvalue weighted by Crippen LogP contribution is -2.55. The molecule has 17 heteroatoms. The van der Waals surface area contributed by atoms with Crippen molar-refractivity contribution in [1.82, 2.24) is 25.1 Å². The summed E-state index contributed by atoms with van der Waals surface area (Å²) >= 11 is 0. The van der Waals surface area contributed by atoms with E-state index < -0.39 is 59.0 Å². The van der Waals surface area contributed by atoms with Gasteiger partial charge in [0.05, 0.1) is 36.2 Å². The number of ether oxygens (including phenoxy) is 1. The third-order valence-corrected chi connectivity index (χ3v) is 6.47. The zero-order chi connectivity index (χ0) is 28.5. The highest BCUT2D eigenvalue weighted by Crippen LogP contribution is 2.32. The lowest BCUT2D eigenvalue weighted by Gasteiger charge is -2.40. The van der Waals surface area contributed by atoms with Gasteiger partial charge in [-0.2, -0.15) is 31.4 Å². The Labute approximate surface area is 217 Å². The van der Waals surface area contributed by atoms with Crippen molar-refractivity contribution in [2.45, 2.75) is 56.4 Å². The molecule has 0 spiro atoms. The average molecular weight is 565 g/mol. The number of carbonyl (C=O) groups is 1. The third kappa shape index (κ3) is 6.41. The molecule has 2 aliphatic rings. The minimum atomic E-state index is -4.91. The van der Waals surface area contributed by atoms with E-state index in [1.807, 2.05) is 0 Å². The highest BCUT2D eigenvalue weighted by molar-refractivity contribution is 5.83. The Balaban J connectivity index is 1.30. The highest BCUT2D eigenvalue weighted by atomic mass is 19.4. The van der Waals surface area contributed by atoms with Crippen LogP contribution in [-0.2, 0) is 21.9 Å². The van der Waals surface area contributed by atoms with Crippen LogP contribution in [0, 0.1) is 0 Å². The van der Waals surface area contributed by atoms with E-state index in [0.717, 1.165) is 6.20 Å². The Morgan fingerprint density at radius 1 is 1.10 bits per heavy atom. The number of nitrogens with one attached hydrogen (secondary N) is 2. The van der Waals surface area contributed by atoms with Crippen LogP contribution in [0.4, 0.5) is 38.0 Å². The molecule has 11 nitrogen and oxygen atoms in total. The molecule has 3 N–H and O–H groups in total. The molecule has 1 unspecified atom stereocenters. The average Bonchev–Trinajstić information content (AvgIpc) is 3.21. The predicted octanol–water partition coefficient (Wildman–Crippen LogP) is 1.66. The summed E-state index contributed by atoms with van der Waals surface area (Å²) in [5, 5.41) is 18.4. The Bertz CT molecular complexity index is 1220. The van der Waals surface area contributed by atoms with Crippen LogP contribution in [0.2, 0.25) is 0 Å². The van der Waals surface area contributed by atoms with Gasteiger partial charge in [0.15, 0.2) is 0 Å². The smallest absolute Gasteiger partial charge is 0.389 e. The maximum atomic E-state index is 13.2. The quantitative estimate of drug-likeness (QED) is 0.428. The van der Waals surface area contributed by atoms with E-state index in [2.05, 4.69) is 20.4 Å². The molecule has 4 heterocycles. The number of rotatable bonds is 7. The number of hydrogen-bond donors (Lipinski definition) is 3. The molecular weight excluding hydrogens is 540 g/mol. The van der Waals surface area contributed by atoms with Gasteiger partial charge in [-0.3, -0.25) is 9.59 Å². The number of anilines is 2. The van der Waals surface area contributed by atoms with E-state index in [1.165, 1.54) is 16.7 Å². The summed E-state index contributed by atoms with van der Waals surface area (Å²) in [4.78, 5) is 35.0. The molecule has 0 radical (unpaired) electrons. The van der Waals surface area contributed by atoms with Gasteiger partial charge in [-0.15, -0.1) is 0 Å². The van der Waals surface area contributed by atoms with E-state index >= 15 is 0 Å². The number of H-pyrrole nitrogens is 1. The summed E-state index contributed by atoms with van der Waals surface area (Å²) in [6, 6.07) is -1.28. The number of hydrogen-bond acceptors (Lipinski definition) is 9. The van der Waals surface area contributed by atoms with Gasteiger partial charge in [-0.1, -0.05) is 0 Å². The number of nitrogens with zero attached hydrogens (tertiary/aromatic N) is 5. The molecule has 2 fully saturated rings. The number of aromatic amines is 1. The zero-order valence-corrected chi connectivity index (χ0v) is 20.5. The monoisotopic (exact) mass is 565 g/mol. The van der Waals surface area contributed by atoms with Gasteiger partial charge < -0.3 is 25.0 Å². The molecule has 0 aromatic carbocycles. The van der Waals surface area contributed by atoms with Crippen LogP contribution in [0.5, 0.6) is 0 Å². The number of carbonyl (C=O) groups excluding carboxylic acids is 1. The van der Waals surface area contributed by atoms with E-state index in [0.29, 0.717) is 25.2 Å². The van der Waals surface area contributed by atoms with Crippen LogP contribution in [0.3, 0.4) is 0 Å². The van der Waals surface area contributed by atoms with E-state index in [9.17, 15) is 41.0 Å². The van der Waals surface area contributed by atoms with Gasteiger partial charge in [0, 0.05) is 44.5 Å². The first-order valence-electron chi connectivity index (χ1n) is 11.9. The molecule has 2 aliphatic heterocycles. The fraction of sp³-hybridized carbons (Fsp3) is 0.591. The predicted molar refractivity (Wildman–Crippen MR) is 123 cm³/mol. The number of amides is 1. The van der Waals surface area contributed by atoms with Crippen LogP contribution in [0.25, 0.3) is 0 Å². The lowest BCUT2D eigenvalue weighted by molar-refractivity contribution is -0.141. The van der Waals surface area contributed by atoms with Crippen molar-refractivity contribution in [3.8, 4) is 0 Å². The third-order valence-electron chi connectivity index (χ3n) is 6.47. The Morgan fingerprint density at radius 3 is 2.41 bits per heavy atom. The standard InChI is InChI=1S/C22H25F6N7O4/c1-11(32-13-8-31-33-18(37)17(13)22(26,27)28)10-39-16-3-5-35(19(16)38)14-2-4-34(9-15(14)36)20-29-6-12(7-30-20)21(23,24)25/h6-8,11,14-16,36H,2-5,9-10H2,1H3,(H2,32,33,37)/t11?,14-,15-,16-/m1/s1. The van der Waals surface area contributed by atoms with Crippen molar-refractivity contribution >= 4 is 17.5 Å². The van der Waals surface area contributed by atoms with Gasteiger partial charge in [0.2, 0.25) is 5.95 Å². The SMILES string of the molecule is CC(CO[C@@H]1CCN([C@@H]2CCN(c3ncc(C(F)(F)F)cn3)C[C@H]2O)C1=O)Nc1cn[nH]c(=O)c1C(F)(F)F. The van der Waals surface area contributed by atoms with Crippen LogP contribution in [-0.4, -0.2) is 86.6 Å². The summed E-state index contributed by atoms with van der Waals surface area (Å²) in [5.41, 5.74) is -4.32. The fourth-order valence-electron chi connectivity index (χ4n) is 4.61. The molecule has 2 aromatic rings. The normalized spacial score (nSPS) is 23.3. The van der Waals surface area contributed by atoms with Crippen LogP contribution >= 0.6 is 0 Å². The molecule has 39 heavy (non-hydrogen) atoms. The fourth-order valence-corrected chi connectivity index (χ4v) is 4.61. The molecule has 4 rings (SSSR count). The molecule has 2 aromatic heterocycles. The number of aliphatic hydroxyl groups is 1. The van der Waals surface area contributed by atoms with Crippen molar-refractivity contribution in [3.05, 3.63) is 40.1 Å². The van der Waals surface area contributed by atoms with E-state index in [4.69, 9.17) is 4.74 Å². The first kappa shape index (κ1) is 28.5. The second-order valence-electron chi connectivity index (χ2n) is 9.31. The lowest BCUT2D eigenvalue weighted by atomic mass is 10.0. The van der Waals surface area contributed by atoms with Crippen molar-refractivity contribution in [3.63, 3.8) is 0 Å². The van der Waals surface area contributed by atoms with Gasteiger partial charge in [0.25, 0.3) is 11.5 Å². The number of halogens is 6. The summed E-state index contributed by atoms with van der Waals surface area (Å²) in [7, 11) is 0. The first-order chi connectivity index (χ1) is 18.3. The van der Waals surface area contributed by atoms with Crippen molar-refractivity contribution in [2.24, 2.45) is 0 Å². The van der Waals surface area contributed by atoms with Gasteiger partial charge in [-0.25, -0.2) is 15.1 Å². The molecule has 0 aliphatic carbocycles. The van der Waals surface area contributed by atoms with Gasteiger partial charge in [-0.05, 0) is 13.3 Å². The van der Waals surface area contributed by atoms with Crippen molar-refractivity contribution in [2.75, 3.05) is 36.5 Å². The molecular formula is C22H25F6N7O4. The number of β-amino-alcohol motifs (C(OH)–C–C–N with tert-alkyl or cyclic N) is 1. The molecule has 4 atom stereocenters. The highest BCUT2D eigenvalue weighted by Gasteiger charge is 2.42. The number of piperidine rings is 1. The van der Waals surface area contributed by atoms with Crippen molar-refractivity contribution in [1.29, 1.82) is 0 Å². The summed E-state index contributed by atoms with van der Waals surface area (Å²) in [6.45, 7) is 1.93. The Morgan fingerprint density at radius 2 is 1.79 bits per heavy atom. The minimum absolute atomic E-state index is 0.00191. The maximum Gasteiger partial charge on any atom is 0.423 e. The summed E-state index contributed by atoms with van der Waals surface area (Å²) in [5.74, 6) is -0.362. The molecule has 0 bridgehead atoms. The van der Waals surface area contributed by atoms with Gasteiger partial charge in [0.1, 0.15) is 11.7 Å². The number of aromatic nitrogens is 4. The Hall–Kier alpha value is -3.47. The first-order valence-corrected chi connectivity index (χ1v) is 11.9. The maximum absolute atomic E-state index is 13.2. The second-order valence-corrected chi connectivity index (χ2v) is 9.31. The molecule has 0 saturated carbocycles. The van der Waals surface area contributed by atoms with Crippen LogP contribution in [0.15, 0.2) is 23.4 Å². The number of aliphatic hydroxyl groups excluding tert-OH is 1.